The minimum atomic E-state index is 0.743. The number of quaternary nitrogens is 1. The van der Waals surface area contributed by atoms with E-state index in [4.69, 9.17) is 0 Å². The van der Waals surface area contributed by atoms with Crippen LogP contribution in [0.2, 0.25) is 0 Å². The molecule has 2 aromatic rings. The van der Waals surface area contributed by atoms with Crippen LogP contribution >= 0.6 is 0 Å². The van der Waals surface area contributed by atoms with E-state index >= 15 is 0 Å². The van der Waals surface area contributed by atoms with Crippen molar-refractivity contribution < 1.29 is 9.05 Å². The van der Waals surface area contributed by atoms with E-state index in [1.165, 1.54) is 62.4 Å². The van der Waals surface area contributed by atoms with Gasteiger partial charge in [-0.05, 0) is 30.7 Å². The SMILES string of the molecule is CCCN(CC[N+]12CCN(CC1)CC2)c1ccc(N=Nc2[nH]cc[n+]2C)cc1. The predicted octanol–water partition coefficient (Wildman–Crippen LogP) is 2.62. The van der Waals surface area contributed by atoms with Gasteiger partial charge in [-0.1, -0.05) is 12.0 Å². The first-order chi connectivity index (χ1) is 13.7. The predicted molar refractivity (Wildman–Crippen MR) is 111 cm³/mol. The zero-order chi connectivity index (χ0) is 19.4. The lowest BCUT2D eigenvalue weighted by atomic mass is 10.1. The Labute approximate surface area is 167 Å². The molecule has 1 N–H and O–H groups in total. The molecule has 0 saturated carbocycles. The minimum Gasteiger partial charge on any atom is -0.366 e. The first kappa shape index (κ1) is 19.1. The van der Waals surface area contributed by atoms with Crippen LogP contribution in [0.25, 0.3) is 0 Å². The molecule has 0 atom stereocenters. The van der Waals surface area contributed by atoms with Crippen LogP contribution < -0.4 is 9.47 Å². The molecule has 4 heterocycles. The van der Waals surface area contributed by atoms with Crippen LogP contribution in [0, 0.1) is 0 Å². The van der Waals surface area contributed by atoms with Gasteiger partial charge in [0.1, 0.15) is 5.69 Å². The lowest BCUT2D eigenvalue weighted by Gasteiger charge is -2.51. The zero-order valence-corrected chi connectivity index (χ0v) is 17.2. The van der Waals surface area contributed by atoms with E-state index in [1.807, 2.05) is 24.0 Å². The van der Waals surface area contributed by atoms with Gasteiger partial charge in [-0.25, -0.2) is 9.55 Å². The molecular formula is C21H33N7+2. The maximum absolute atomic E-state index is 4.35. The standard InChI is InChI=1S/C21H32N7/c1-3-9-27(14-18-28-15-11-26(12-16-28)13-17-28)20-6-4-19(5-7-20)23-24-21-22-8-10-25(21)2/h4-8,10H,3,9,11-18H2,1-2H3/q+1/p+1. The summed E-state index contributed by atoms with van der Waals surface area (Å²) in [5, 5.41) is 8.63. The summed E-state index contributed by atoms with van der Waals surface area (Å²) in [4.78, 5) is 8.23. The molecule has 150 valence electrons. The Morgan fingerprint density at radius 2 is 1.79 bits per heavy atom. The Bertz CT molecular complexity index is 774. The van der Waals surface area contributed by atoms with Crippen molar-refractivity contribution in [1.29, 1.82) is 0 Å². The number of aromatic amines is 1. The molecule has 0 unspecified atom stereocenters. The van der Waals surface area contributed by atoms with E-state index in [-0.39, 0.29) is 0 Å². The summed E-state index contributed by atoms with van der Waals surface area (Å²) >= 11 is 0. The number of benzene rings is 1. The molecule has 3 aliphatic rings. The van der Waals surface area contributed by atoms with Crippen LogP contribution in [0.1, 0.15) is 13.3 Å². The molecule has 0 amide bonds. The minimum absolute atomic E-state index is 0.743. The van der Waals surface area contributed by atoms with Gasteiger partial charge in [0.25, 0.3) is 0 Å². The monoisotopic (exact) mass is 383 g/mol. The molecule has 1 aromatic heterocycles. The second kappa shape index (κ2) is 8.41. The van der Waals surface area contributed by atoms with Gasteiger partial charge in [0, 0.05) is 37.0 Å². The van der Waals surface area contributed by atoms with Crippen molar-refractivity contribution in [3.05, 3.63) is 36.7 Å². The molecule has 2 bridgehead atoms. The maximum atomic E-state index is 4.35. The highest BCUT2D eigenvalue weighted by Gasteiger charge is 2.38. The third-order valence-electron chi connectivity index (χ3n) is 6.33. The van der Waals surface area contributed by atoms with Crippen LogP contribution in [0.5, 0.6) is 0 Å². The van der Waals surface area contributed by atoms with Crippen molar-refractivity contribution >= 4 is 17.3 Å². The molecule has 3 fully saturated rings. The van der Waals surface area contributed by atoms with Crippen LogP contribution in [0.15, 0.2) is 46.9 Å². The zero-order valence-electron chi connectivity index (χ0n) is 17.2. The lowest BCUT2D eigenvalue weighted by Crippen LogP contribution is -2.68. The average molecular weight is 384 g/mol. The first-order valence-electron chi connectivity index (χ1n) is 10.5. The molecule has 7 nitrogen and oxygen atoms in total. The summed E-state index contributed by atoms with van der Waals surface area (Å²) < 4.78 is 3.23. The Kier molecular flexibility index (Phi) is 5.73. The molecule has 3 saturated heterocycles. The Balaban J connectivity index is 1.40. The molecule has 0 spiro atoms. The number of nitrogens with one attached hydrogen (secondary N) is 1. The summed E-state index contributed by atoms with van der Waals surface area (Å²) in [7, 11) is 1.95. The van der Waals surface area contributed by atoms with Crippen molar-refractivity contribution in [2.45, 2.75) is 13.3 Å². The smallest absolute Gasteiger partial charge is 0.366 e. The van der Waals surface area contributed by atoms with E-state index in [1.54, 1.807) is 0 Å². The van der Waals surface area contributed by atoms with Crippen LogP contribution in [-0.4, -0.2) is 73.3 Å². The summed E-state index contributed by atoms with van der Waals surface area (Å²) in [6.07, 6.45) is 4.95. The van der Waals surface area contributed by atoms with Gasteiger partial charge in [0.2, 0.25) is 0 Å². The second-order valence-corrected chi connectivity index (χ2v) is 8.18. The molecule has 7 heteroatoms. The van der Waals surface area contributed by atoms with E-state index in [2.05, 4.69) is 56.2 Å². The largest absolute Gasteiger partial charge is 0.418 e. The number of anilines is 1. The second-order valence-electron chi connectivity index (χ2n) is 8.18. The highest BCUT2D eigenvalue weighted by atomic mass is 15.5. The number of fused-ring (bicyclic) bond motifs is 3. The van der Waals surface area contributed by atoms with Crippen molar-refractivity contribution in [2.24, 2.45) is 17.3 Å². The van der Waals surface area contributed by atoms with Gasteiger partial charge in [-0.15, -0.1) is 0 Å². The van der Waals surface area contributed by atoms with E-state index in [9.17, 15) is 0 Å². The number of imidazole rings is 1. The summed E-state index contributed by atoms with van der Waals surface area (Å²) in [6, 6.07) is 8.51. The fraction of sp³-hybridized carbons (Fsp3) is 0.571. The average Bonchev–Trinajstić information content (AvgIpc) is 3.16. The van der Waals surface area contributed by atoms with Crippen molar-refractivity contribution in [3.8, 4) is 0 Å². The normalized spacial score (nSPS) is 24.1. The van der Waals surface area contributed by atoms with Gasteiger partial charge in [-0.3, -0.25) is 4.90 Å². The molecular weight excluding hydrogens is 350 g/mol. The maximum Gasteiger partial charge on any atom is 0.418 e. The van der Waals surface area contributed by atoms with E-state index in [0.717, 1.165) is 24.7 Å². The lowest BCUT2D eigenvalue weighted by molar-refractivity contribution is -0.939. The number of hydrogen-bond donors (Lipinski definition) is 1. The molecule has 0 radical (unpaired) electrons. The highest BCUT2D eigenvalue weighted by molar-refractivity contribution is 5.52. The van der Waals surface area contributed by atoms with Crippen molar-refractivity contribution in [2.75, 3.05) is 63.8 Å². The van der Waals surface area contributed by atoms with Gasteiger partial charge in [0.15, 0.2) is 0 Å². The quantitative estimate of drug-likeness (QED) is 0.433. The Morgan fingerprint density at radius 1 is 1.07 bits per heavy atom. The third kappa shape index (κ3) is 4.25. The van der Waals surface area contributed by atoms with Crippen LogP contribution in [-0.2, 0) is 7.05 Å². The fourth-order valence-corrected chi connectivity index (χ4v) is 4.37. The third-order valence-corrected chi connectivity index (χ3v) is 6.33. The number of rotatable bonds is 8. The van der Waals surface area contributed by atoms with Gasteiger partial charge >= 0.3 is 5.95 Å². The van der Waals surface area contributed by atoms with E-state index in [0.29, 0.717) is 0 Å². The van der Waals surface area contributed by atoms with E-state index < -0.39 is 0 Å². The number of aryl methyl sites for hydroxylation is 1. The topological polar surface area (TPSA) is 50.9 Å². The van der Waals surface area contributed by atoms with Gasteiger partial charge in [0.05, 0.1) is 52.2 Å². The Hall–Kier alpha value is -2.25. The van der Waals surface area contributed by atoms with Crippen molar-refractivity contribution in [1.82, 2.24) is 9.88 Å². The number of hydrogen-bond acceptors (Lipinski definition) is 4. The molecule has 5 rings (SSSR count). The van der Waals surface area contributed by atoms with Gasteiger partial charge < -0.3 is 9.38 Å². The highest BCUT2D eigenvalue weighted by Crippen LogP contribution is 2.23. The summed E-state index contributed by atoms with van der Waals surface area (Å²) in [5.74, 6) is 0.743. The van der Waals surface area contributed by atoms with Crippen LogP contribution in [0.4, 0.5) is 17.3 Å². The molecule has 28 heavy (non-hydrogen) atoms. The number of nitrogens with zero attached hydrogens (tertiary/aromatic N) is 6. The van der Waals surface area contributed by atoms with Gasteiger partial charge in [-0.2, -0.15) is 0 Å². The number of aromatic nitrogens is 2. The molecule has 3 aliphatic heterocycles. The molecule has 0 aliphatic carbocycles. The first-order valence-corrected chi connectivity index (χ1v) is 10.5. The van der Waals surface area contributed by atoms with Crippen molar-refractivity contribution in [3.63, 3.8) is 0 Å². The fourth-order valence-electron chi connectivity index (χ4n) is 4.37. The molecule has 1 aromatic carbocycles. The summed E-state index contributed by atoms with van der Waals surface area (Å²) in [6.45, 7) is 13.6. The number of azo groups is 1. The number of H-pyrrole nitrogens is 1. The number of piperazine rings is 3. The van der Waals surface area contributed by atoms with Crippen LogP contribution in [0.3, 0.4) is 0 Å². The summed E-state index contributed by atoms with van der Waals surface area (Å²) in [5.41, 5.74) is 2.17. The Morgan fingerprint density at radius 3 is 2.39 bits per heavy atom.